The summed E-state index contributed by atoms with van der Waals surface area (Å²) in [5, 5.41) is 0.572. The van der Waals surface area contributed by atoms with Crippen LogP contribution in [0.4, 0.5) is 5.95 Å². The lowest BCUT2D eigenvalue weighted by Gasteiger charge is -2.26. The molecule has 9 heteroatoms. The predicted octanol–water partition coefficient (Wildman–Crippen LogP) is 3.19. The molecule has 1 aliphatic heterocycles. The van der Waals surface area contributed by atoms with Crippen LogP contribution < -0.4 is 4.90 Å². The fraction of sp³-hybridized carbons (Fsp3) is 0.250. The van der Waals surface area contributed by atoms with Crippen LogP contribution in [0.3, 0.4) is 0 Å². The lowest BCUT2D eigenvalue weighted by atomic mass is 10.3. The minimum absolute atomic E-state index is 0.572. The van der Waals surface area contributed by atoms with Crippen molar-refractivity contribution in [2.75, 3.05) is 31.2 Å². The van der Waals surface area contributed by atoms with Crippen molar-refractivity contribution >= 4 is 30.3 Å². The fourth-order valence-corrected chi connectivity index (χ4v) is 3.25. The third kappa shape index (κ3) is 4.03. The lowest BCUT2D eigenvalue weighted by Crippen LogP contribution is -2.37. The standard InChI is InChI=1S/C20H20ClN7O/c1-14-17(5-6-22-2)26-19(28(14)18-4-3-16(21)13-23-18)15-11-24-20(25-12-15)27-7-9-29-10-8-27/h3-6,11-13H,2,7-10H2,1H3/b6-5-. The molecule has 0 aliphatic carbocycles. The Kier molecular flexibility index (Phi) is 5.64. The highest BCUT2D eigenvalue weighted by Crippen LogP contribution is 2.26. The van der Waals surface area contributed by atoms with E-state index in [4.69, 9.17) is 21.3 Å². The van der Waals surface area contributed by atoms with Crippen LogP contribution in [-0.2, 0) is 4.74 Å². The Labute approximate surface area is 173 Å². The monoisotopic (exact) mass is 409 g/mol. The molecule has 0 unspecified atom stereocenters. The summed E-state index contributed by atoms with van der Waals surface area (Å²) < 4.78 is 7.34. The number of halogens is 1. The molecule has 0 saturated carbocycles. The van der Waals surface area contributed by atoms with Gasteiger partial charge in [0.2, 0.25) is 5.95 Å². The van der Waals surface area contributed by atoms with Gasteiger partial charge >= 0.3 is 0 Å². The van der Waals surface area contributed by atoms with Crippen molar-refractivity contribution in [2.24, 2.45) is 4.99 Å². The first kappa shape index (κ1) is 19.2. The Morgan fingerprint density at radius 2 is 1.90 bits per heavy atom. The highest BCUT2D eigenvalue weighted by molar-refractivity contribution is 6.30. The van der Waals surface area contributed by atoms with Gasteiger partial charge in [0.25, 0.3) is 0 Å². The molecule has 29 heavy (non-hydrogen) atoms. The second kappa shape index (κ2) is 8.50. The molecule has 4 rings (SSSR count). The number of ether oxygens (including phenoxy) is 1. The molecular weight excluding hydrogens is 390 g/mol. The van der Waals surface area contributed by atoms with Crippen LogP contribution in [0.15, 0.2) is 41.9 Å². The number of aliphatic imine (C=N–C) groups is 1. The smallest absolute Gasteiger partial charge is 0.225 e. The highest BCUT2D eigenvalue weighted by atomic mass is 35.5. The topological polar surface area (TPSA) is 81.3 Å². The maximum absolute atomic E-state index is 6.01. The Morgan fingerprint density at radius 1 is 1.14 bits per heavy atom. The first-order chi connectivity index (χ1) is 14.2. The maximum Gasteiger partial charge on any atom is 0.225 e. The van der Waals surface area contributed by atoms with Crippen molar-refractivity contribution in [2.45, 2.75) is 6.92 Å². The Bertz CT molecular complexity index is 1020. The molecule has 1 aliphatic rings. The number of hydrogen-bond acceptors (Lipinski definition) is 7. The Morgan fingerprint density at radius 3 is 2.55 bits per heavy atom. The second-order valence-electron chi connectivity index (χ2n) is 6.45. The van der Waals surface area contributed by atoms with Crippen LogP contribution in [-0.4, -0.2) is 57.5 Å². The number of pyridine rings is 1. The van der Waals surface area contributed by atoms with Gasteiger partial charge in [0.15, 0.2) is 0 Å². The predicted molar refractivity (Wildman–Crippen MR) is 114 cm³/mol. The third-order valence-corrected chi connectivity index (χ3v) is 4.84. The molecule has 1 saturated heterocycles. The summed E-state index contributed by atoms with van der Waals surface area (Å²) in [7, 11) is 0. The number of hydrogen-bond donors (Lipinski definition) is 0. The number of anilines is 1. The van der Waals surface area contributed by atoms with E-state index in [2.05, 4.69) is 31.6 Å². The van der Waals surface area contributed by atoms with Gasteiger partial charge in [-0.2, -0.15) is 0 Å². The molecule has 4 heterocycles. The largest absolute Gasteiger partial charge is 0.378 e. The van der Waals surface area contributed by atoms with Crippen LogP contribution in [0.25, 0.3) is 23.3 Å². The molecule has 1 fully saturated rings. The average molecular weight is 410 g/mol. The normalized spacial score (nSPS) is 14.5. The summed E-state index contributed by atoms with van der Waals surface area (Å²) in [4.78, 5) is 24.2. The minimum Gasteiger partial charge on any atom is -0.378 e. The number of aromatic nitrogens is 5. The fourth-order valence-electron chi connectivity index (χ4n) is 3.14. The quantitative estimate of drug-likeness (QED) is 0.602. The molecule has 0 radical (unpaired) electrons. The molecule has 8 nitrogen and oxygen atoms in total. The van der Waals surface area contributed by atoms with Gasteiger partial charge in [-0.1, -0.05) is 11.6 Å². The molecule has 3 aromatic heterocycles. The van der Waals surface area contributed by atoms with Gasteiger partial charge in [0.1, 0.15) is 11.6 Å². The first-order valence-corrected chi connectivity index (χ1v) is 9.54. The average Bonchev–Trinajstić information content (AvgIpc) is 3.10. The number of morpholine rings is 1. The van der Waals surface area contributed by atoms with E-state index in [-0.39, 0.29) is 0 Å². The molecule has 0 bridgehead atoms. The van der Waals surface area contributed by atoms with E-state index < -0.39 is 0 Å². The van der Waals surface area contributed by atoms with Crippen LogP contribution >= 0.6 is 11.6 Å². The molecule has 148 valence electrons. The third-order valence-electron chi connectivity index (χ3n) is 4.61. The van der Waals surface area contributed by atoms with Gasteiger partial charge < -0.3 is 9.64 Å². The number of nitrogens with zero attached hydrogens (tertiary/aromatic N) is 7. The van der Waals surface area contributed by atoms with Crippen LogP contribution in [0.1, 0.15) is 11.4 Å². The Balaban J connectivity index is 1.76. The van der Waals surface area contributed by atoms with E-state index in [1.165, 1.54) is 0 Å². The van der Waals surface area contributed by atoms with E-state index in [0.29, 0.717) is 35.8 Å². The van der Waals surface area contributed by atoms with E-state index in [1.54, 1.807) is 36.9 Å². The first-order valence-electron chi connectivity index (χ1n) is 9.16. The number of imidazole rings is 1. The molecule has 0 N–H and O–H groups in total. The van der Waals surface area contributed by atoms with Crippen molar-refractivity contribution in [1.82, 2.24) is 24.5 Å². The van der Waals surface area contributed by atoms with Gasteiger partial charge in [-0.15, -0.1) is 0 Å². The van der Waals surface area contributed by atoms with Gasteiger partial charge in [-0.25, -0.2) is 19.9 Å². The second-order valence-corrected chi connectivity index (χ2v) is 6.88. The summed E-state index contributed by atoms with van der Waals surface area (Å²) in [6.45, 7) is 8.39. The van der Waals surface area contributed by atoms with E-state index in [0.717, 1.165) is 30.0 Å². The van der Waals surface area contributed by atoms with Gasteiger partial charge in [0.05, 0.1) is 29.5 Å². The van der Waals surface area contributed by atoms with Gasteiger partial charge in [-0.3, -0.25) is 9.56 Å². The highest BCUT2D eigenvalue weighted by Gasteiger charge is 2.19. The summed E-state index contributed by atoms with van der Waals surface area (Å²) in [6.07, 6.45) is 8.59. The minimum atomic E-state index is 0.572. The molecule has 0 aromatic carbocycles. The van der Waals surface area contributed by atoms with Crippen LogP contribution in [0.5, 0.6) is 0 Å². The summed E-state index contributed by atoms with van der Waals surface area (Å²) >= 11 is 6.01. The zero-order chi connectivity index (χ0) is 20.2. The van der Waals surface area contributed by atoms with Crippen LogP contribution in [0, 0.1) is 6.92 Å². The molecular formula is C20H20ClN7O. The van der Waals surface area contributed by atoms with Crippen molar-refractivity contribution in [1.29, 1.82) is 0 Å². The van der Waals surface area contributed by atoms with Gasteiger partial charge in [-0.05, 0) is 31.9 Å². The van der Waals surface area contributed by atoms with Crippen molar-refractivity contribution < 1.29 is 4.74 Å². The van der Waals surface area contributed by atoms with Crippen molar-refractivity contribution in [3.63, 3.8) is 0 Å². The van der Waals surface area contributed by atoms with E-state index in [9.17, 15) is 0 Å². The number of rotatable bonds is 5. The Hall–Kier alpha value is -3.10. The maximum atomic E-state index is 6.01. The molecule has 3 aromatic rings. The van der Waals surface area contributed by atoms with E-state index in [1.807, 2.05) is 17.6 Å². The summed E-state index contributed by atoms with van der Waals surface area (Å²) in [5.74, 6) is 2.08. The molecule has 0 spiro atoms. The SMILES string of the molecule is C=N/C=C\c1nc(-c2cnc(N3CCOCC3)nc2)n(-c2ccc(Cl)cn2)c1C. The summed E-state index contributed by atoms with van der Waals surface area (Å²) in [5.41, 5.74) is 2.46. The van der Waals surface area contributed by atoms with Crippen molar-refractivity contribution in [3.8, 4) is 17.2 Å². The molecule has 0 amide bonds. The lowest BCUT2D eigenvalue weighted by molar-refractivity contribution is 0.122. The van der Waals surface area contributed by atoms with Crippen LogP contribution in [0.2, 0.25) is 5.02 Å². The zero-order valence-corrected chi connectivity index (χ0v) is 16.7. The molecule has 0 atom stereocenters. The van der Waals surface area contributed by atoms with Gasteiger partial charge in [0, 0.05) is 43.6 Å². The zero-order valence-electron chi connectivity index (χ0n) is 16.0. The van der Waals surface area contributed by atoms with Crippen molar-refractivity contribution in [3.05, 3.63) is 53.3 Å². The summed E-state index contributed by atoms with van der Waals surface area (Å²) in [6, 6.07) is 3.65. The van der Waals surface area contributed by atoms with E-state index >= 15 is 0 Å².